The number of ether oxygens (including phenoxy) is 1. The van der Waals surface area contributed by atoms with Crippen LogP contribution in [-0.2, 0) is 9.53 Å². The lowest BCUT2D eigenvalue weighted by Gasteiger charge is -1.98. The molecule has 0 rings (SSSR count). The quantitative estimate of drug-likeness (QED) is 0.251. The molecule has 2 nitrogen and oxygen atoms in total. The topological polar surface area (TPSA) is 26.3 Å². The van der Waals surface area contributed by atoms with Crippen molar-refractivity contribution in [2.24, 2.45) is 0 Å². The van der Waals surface area contributed by atoms with Crippen LogP contribution in [0.3, 0.4) is 0 Å². The number of unbranched alkanes of at least 4 members (excludes halogenated alkanes) is 5. The Morgan fingerprint density at radius 1 is 1.23 bits per heavy atom. The number of methoxy groups -OCH3 is 1. The fourth-order valence-corrected chi connectivity index (χ4v) is 1.17. The monoisotopic (exact) mass is 184 g/mol. The largest absolute Gasteiger partial charge is 0.494 e. The maximum absolute atomic E-state index is 10.3. The first-order valence-corrected chi connectivity index (χ1v) is 5.04. The highest BCUT2D eigenvalue weighted by atomic mass is 16.5. The van der Waals surface area contributed by atoms with Crippen molar-refractivity contribution in [3.8, 4) is 0 Å². The van der Waals surface area contributed by atoms with Gasteiger partial charge in [-0.15, -0.1) is 0 Å². The molecule has 0 unspecified atom stereocenters. The molecule has 0 N–H and O–H groups in total. The van der Waals surface area contributed by atoms with Crippen molar-refractivity contribution in [3.05, 3.63) is 11.8 Å². The van der Waals surface area contributed by atoms with Gasteiger partial charge in [-0.2, -0.15) is 0 Å². The van der Waals surface area contributed by atoms with E-state index in [0.717, 1.165) is 19.1 Å². The minimum atomic E-state index is 0.454. The van der Waals surface area contributed by atoms with Crippen LogP contribution in [0.4, 0.5) is 0 Å². The van der Waals surface area contributed by atoms with E-state index in [9.17, 15) is 4.79 Å². The molecule has 76 valence electrons. The molecular formula is C11H20O2. The highest BCUT2D eigenvalue weighted by molar-refractivity contribution is 5.69. The third kappa shape index (κ3) is 7.57. The van der Waals surface area contributed by atoms with Gasteiger partial charge < -0.3 is 4.74 Å². The molecule has 0 aromatic carbocycles. The van der Waals surface area contributed by atoms with Gasteiger partial charge >= 0.3 is 0 Å². The summed E-state index contributed by atoms with van der Waals surface area (Å²) in [5.74, 6) is 0.454. The number of hydrogen-bond donors (Lipinski definition) is 0. The van der Waals surface area contributed by atoms with Crippen molar-refractivity contribution < 1.29 is 9.53 Å². The molecule has 0 radical (unpaired) electrons. The maximum Gasteiger partial charge on any atom is 0.184 e. The smallest absolute Gasteiger partial charge is 0.184 e. The van der Waals surface area contributed by atoms with E-state index in [1.54, 1.807) is 0 Å². The van der Waals surface area contributed by atoms with Crippen LogP contribution in [0.1, 0.15) is 45.4 Å². The second-order valence-corrected chi connectivity index (χ2v) is 3.13. The molecule has 0 bridgehead atoms. The summed E-state index contributed by atoms with van der Waals surface area (Å²) in [5.41, 5.74) is 0. The minimum absolute atomic E-state index is 0.454. The van der Waals surface area contributed by atoms with Crippen molar-refractivity contribution in [1.29, 1.82) is 0 Å². The highest BCUT2D eigenvalue weighted by Gasteiger charge is 1.91. The van der Waals surface area contributed by atoms with Gasteiger partial charge in [0.2, 0.25) is 0 Å². The number of allylic oxidation sites excluding steroid dienone is 2. The van der Waals surface area contributed by atoms with Gasteiger partial charge in [-0.05, 0) is 18.9 Å². The summed E-state index contributed by atoms with van der Waals surface area (Å²) in [7, 11) is 1.53. The van der Waals surface area contributed by atoms with Crippen LogP contribution in [0.5, 0.6) is 0 Å². The molecule has 2 heteroatoms. The van der Waals surface area contributed by atoms with Gasteiger partial charge in [-0.3, -0.25) is 4.79 Å². The Morgan fingerprint density at radius 3 is 2.46 bits per heavy atom. The van der Waals surface area contributed by atoms with Crippen molar-refractivity contribution in [2.75, 3.05) is 7.11 Å². The summed E-state index contributed by atoms with van der Waals surface area (Å²) in [4.78, 5) is 10.3. The minimum Gasteiger partial charge on any atom is -0.494 e. The molecule has 0 aliphatic rings. The van der Waals surface area contributed by atoms with Gasteiger partial charge in [0.1, 0.15) is 0 Å². The van der Waals surface area contributed by atoms with E-state index in [1.165, 1.54) is 32.8 Å². The fraction of sp³-hybridized carbons (Fsp3) is 0.727. The highest BCUT2D eigenvalue weighted by Crippen LogP contribution is 2.06. The van der Waals surface area contributed by atoms with Crippen LogP contribution in [0.25, 0.3) is 0 Å². The molecule has 0 fully saturated rings. The second-order valence-electron chi connectivity index (χ2n) is 3.13. The summed E-state index contributed by atoms with van der Waals surface area (Å²) in [6, 6.07) is 0. The average Bonchev–Trinajstić information content (AvgIpc) is 2.17. The van der Waals surface area contributed by atoms with E-state index in [2.05, 4.69) is 6.92 Å². The lowest BCUT2D eigenvalue weighted by Crippen LogP contribution is -1.87. The van der Waals surface area contributed by atoms with Gasteiger partial charge in [-0.1, -0.05) is 32.6 Å². The summed E-state index contributed by atoms with van der Waals surface area (Å²) >= 11 is 0. The SMILES string of the molecule is CCCCCCCC=C(C=O)OC. The molecule has 13 heavy (non-hydrogen) atoms. The summed E-state index contributed by atoms with van der Waals surface area (Å²) < 4.78 is 4.82. The Labute approximate surface area is 81.0 Å². The predicted octanol–water partition coefficient (Wildman–Crippen LogP) is 3.08. The molecule has 0 saturated heterocycles. The average molecular weight is 184 g/mol. The number of carbonyl (C=O) groups is 1. The van der Waals surface area contributed by atoms with E-state index >= 15 is 0 Å². The predicted molar refractivity (Wildman–Crippen MR) is 54.5 cm³/mol. The molecule has 0 amide bonds. The molecule has 0 heterocycles. The fourth-order valence-electron chi connectivity index (χ4n) is 1.17. The van der Waals surface area contributed by atoms with Crippen molar-refractivity contribution in [2.45, 2.75) is 45.4 Å². The van der Waals surface area contributed by atoms with Gasteiger partial charge in [0.25, 0.3) is 0 Å². The van der Waals surface area contributed by atoms with Crippen molar-refractivity contribution in [3.63, 3.8) is 0 Å². The van der Waals surface area contributed by atoms with E-state index in [4.69, 9.17) is 4.74 Å². The molecule has 0 aromatic heterocycles. The first-order valence-electron chi connectivity index (χ1n) is 5.04. The molecule has 0 spiro atoms. The van der Waals surface area contributed by atoms with Crippen molar-refractivity contribution >= 4 is 6.29 Å². The Balaban J connectivity index is 3.32. The number of hydrogen-bond acceptors (Lipinski definition) is 2. The molecule has 0 atom stereocenters. The van der Waals surface area contributed by atoms with Gasteiger partial charge in [0.05, 0.1) is 7.11 Å². The molecular weight excluding hydrogens is 164 g/mol. The summed E-state index contributed by atoms with van der Waals surface area (Å²) in [6.07, 6.45) is 9.85. The van der Waals surface area contributed by atoms with Gasteiger partial charge in [-0.25, -0.2) is 0 Å². The van der Waals surface area contributed by atoms with Crippen LogP contribution in [0.2, 0.25) is 0 Å². The van der Waals surface area contributed by atoms with Crippen LogP contribution < -0.4 is 0 Å². The zero-order valence-electron chi connectivity index (χ0n) is 8.71. The van der Waals surface area contributed by atoms with Crippen LogP contribution in [0.15, 0.2) is 11.8 Å². The maximum atomic E-state index is 10.3. The molecule has 0 saturated carbocycles. The third-order valence-electron chi connectivity index (χ3n) is 2.01. The van der Waals surface area contributed by atoms with Crippen LogP contribution in [0, 0.1) is 0 Å². The van der Waals surface area contributed by atoms with Crippen molar-refractivity contribution in [1.82, 2.24) is 0 Å². The third-order valence-corrected chi connectivity index (χ3v) is 2.01. The van der Waals surface area contributed by atoms with Crippen LogP contribution in [-0.4, -0.2) is 13.4 Å². The van der Waals surface area contributed by atoms with Gasteiger partial charge in [0.15, 0.2) is 12.0 Å². The van der Waals surface area contributed by atoms with Gasteiger partial charge in [0, 0.05) is 0 Å². The Bertz CT molecular complexity index is 150. The standard InChI is InChI=1S/C11H20O2/c1-3-4-5-6-7-8-9-11(10-12)13-2/h9-10H,3-8H2,1-2H3. The Kier molecular flexibility index (Phi) is 8.73. The first-order chi connectivity index (χ1) is 6.35. The number of carbonyl (C=O) groups excluding carboxylic acids is 1. The number of rotatable bonds is 8. The summed E-state index contributed by atoms with van der Waals surface area (Å²) in [5, 5.41) is 0. The number of aldehydes is 1. The summed E-state index contributed by atoms with van der Waals surface area (Å²) in [6.45, 7) is 2.20. The second kappa shape index (κ2) is 9.30. The molecule has 0 aliphatic heterocycles. The molecule has 0 aliphatic carbocycles. The van der Waals surface area contributed by atoms with E-state index in [-0.39, 0.29) is 0 Å². The van der Waals surface area contributed by atoms with E-state index in [0.29, 0.717) is 5.76 Å². The van der Waals surface area contributed by atoms with E-state index < -0.39 is 0 Å². The first kappa shape index (κ1) is 12.2. The lowest BCUT2D eigenvalue weighted by atomic mass is 10.1. The zero-order valence-corrected chi connectivity index (χ0v) is 8.71. The zero-order chi connectivity index (χ0) is 9.94. The molecule has 0 aromatic rings. The lowest BCUT2D eigenvalue weighted by molar-refractivity contribution is -0.107. The Hall–Kier alpha value is -0.790. The normalized spacial score (nSPS) is 11.4. The van der Waals surface area contributed by atoms with E-state index in [1.807, 2.05) is 6.08 Å². The Morgan fingerprint density at radius 2 is 1.92 bits per heavy atom. The van der Waals surface area contributed by atoms with Crippen LogP contribution >= 0.6 is 0 Å².